The molecule has 0 amide bonds. The summed E-state index contributed by atoms with van der Waals surface area (Å²) in [5.41, 5.74) is 5.68. The van der Waals surface area contributed by atoms with Crippen LogP contribution in [0.25, 0.3) is 0 Å². The Hall–Kier alpha value is -1.42. The van der Waals surface area contributed by atoms with Crippen LogP contribution in [0.3, 0.4) is 0 Å². The Kier molecular flexibility index (Phi) is 12.3. The molecule has 0 heterocycles. The zero-order chi connectivity index (χ0) is 40.5. The van der Waals surface area contributed by atoms with Crippen molar-refractivity contribution in [3.8, 4) is 0 Å². The minimum Gasteiger partial charge on any atom is -0.381 e. The highest BCUT2D eigenvalue weighted by molar-refractivity contribution is 6.80. The van der Waals surface area contributed by atoms with Gasteiger partial charge in [0.1, 0.15) is 0 Å². The van der Waals surface area contributed by atoms with Crippen molar-refractivity contribution in [3.05, 3.63) is 71.8 Å². The number of hydrogen-bond donors (Lipinski definition) is 0. The summed E-state index contributed by atoms with van der Waals surface area (Å²) in [6.45, 7) is 36.2. The molecule has 14 atom stereocenters. The van der Waals surface area contributed by atoms with Crippen LogP contribution in [0.2, 0.25) is 24.2 Å². The van der Waals surface area contributed by atoms with Gasteiger partial charge >= 0.3 is 0 Å². The summed E-state index contributed by atoms with van der Waals surface area (Å²) >= 11 is 0. The standard InChI is InChI=1S/C52H84O2Si/c1-49(2,3)31-35-27-37-39(29-41(51(7,8)9)45(53-13)43(37)33-23-19-17-20-24-33)47(35)55(15,16)48-36(32-50(4,5)6)28-38-40(48)30-42(52(10,11)12)46(54-14)44(38)34-25-21-18-22-26-34/h17-26,35-48H,27-32H2,1-16H3. The van der Waals surface area contributed by atoms with E-state index in [-0.39, 0.29) is 23.0 Å². The van der Waals surface area contributed by atoms with E-state index in [1.165, 1.54) is 49.7 Å². The fraction of sp³-hybridized carbons (Fsp3) is 0.769. The lowest BCUT2D eigenvalue weighted by Crippen LogP contribution is -2.53. The monoisotopic (exact) mass is 769 g/mol. The summed E-state index contributed by atoms with van der Waals surface area (Å²) < 4.78 is 13.4. The van der Waals surface area contributed by atoms with Gasteiger partial charge in [-0.05, 0) is 130 Å². The first-order valence-corrected chi connectivity index (χ1v) is 25.8. The maximum Gasteiger partial charge on any atom is 0.0675 e. The number of rotatable bonds is 8. The van der Waals surface area contributed by atoms with Crippen LogP contribution >= 0.6 is 0 Å². The highest BCUT2D eigenvalue weighted by Gasteiger charge is 2.65. The number of fused-ring (bicyclic) bond motifs is 2. The van der Waals surface area contributed by atoms with Crippen molar-refractivity contribution in [2.75, 3.05) is 14.2 Å². The molecule has 55 heavy (non-hydrogen) atoms. The van der Waals surface area contributed by atoms with Gasteiger partial charge in [-0.1, -0.05) is 157 Å². The topological polar surface area (TPSA) is 18.5 Å². The first kappa shape index (κ1) is 43.2. The maximum atomic E-state index is 6.72. The van der Waals surface area contributed by atoms with E-state index in [1.54, 1.807) is 0 Å². The lowest BCUT2D eigenvalue weighted by atomic mass is 9.59. The molecule has 4 fully saturated rings. The molecule has 0 saturated heterocycles. The number of ether oxygens (including phenoxy) is 2. The molecule has 4 saturated carbocycles. The number of benzene rings is 2. The van der Waals surface area contributed by atoms with Gasteiger partial charge < -0.3 is 9.47 Å². The van der Waals surface area contributed by atoms with Gasteiger partial charge in [0, 0.05) is 26.1 Å². The molecule has 308 valence electrons. The van der Waals surface area contributed by atoms with E-state index in [1.807, 2.05) is 14.2 Å². The van der Waals surface area contributed by atoms with E-state index in [4.69, 9.17) is 9.47 Å². The van der Waals surface area contributed by atoms with Crippen molar-refractivity contribution in [1.82, 2.24) is 0 Å². The van der Waals surface area contributed by atoms with E-state index in [0.29, 0.717) is 46.3 Å². The van der Waals surface area contributed by atoms with Crippen LogP contribution in [0.15, 0.2) is 60.7 Å². The van der Waals surface area contributed by atoms with Crippen LogP contribution in [0, 0.1) is 69.0 Å². The van der Waals surface area contributed by atoms with Crippen LogP contribution in [0.5, 0.6) is 0 Å². The number of methoxy groups -OCH3 is 2. The average molecular weight is 769 g/mol. The molecular weight excluding hydrogens is 685 g/mol. The molecule has 0 N–H and O–H groups in total. The lowest BCUT2D eigenvalue weighted by Gasteiger charge is -2.55. The van der Waals surface area contributed by atoms with Crippen molar-refractivity contribution >= 4 is 8.07 Å². The average Bonchev–Trinajstić information content (AvgIpc) is 3.62. The smallest absolute Gasteiger partial charge is 0.0675 e. The Labute approximate surface area is 341 Å². The predicted molar refractivity (Wildman–Crippen MR) is 238 cm³/mol. The molecule has 14 unspecified atom stereocenters. The van der Waals surface area contributed by atoms with E-state index in [9.17, 15) is 0 Å². The highest BCUT2D eigenvalue weighted by atomic mass is 28.3. The Bertz CT molecular complexity index is 1420. The summed E-state index contributed by atoms with van der Waals surface area (Å²) in [6.07, 6.45) is 8.59. The second-order valence-corrected chi connectivity index (χ2v) is 29.7. The van der Waals surface area contributed by atoms with Gasteiger partial charge in [-0.15, -0.1) is 0 Å². The van der Waals surface area contributed by atoms with E-state index < -0.39 is 8.07 Å². The summed E-state index contributed by atoms with van der Waals surface area (Å²) in [4.78, 5) is 0. The van der Waals surface area contributed by atoms with E-state index in [2.05, 4.69) is 157 Å². The Morgan fingerprint density at radius 3 is 1.09 bits per heavy atom. The Morgan fingerprint density at radius 2 is 0.818 bits per heavy atom. The third-order valence-electron chi connectivity index (χ3n) is 16.3. The first-order chi connectivity index (χ1) is 25.5. The van der Waals surface area contributed by atoms with Gasteiger partial charge in [0.2, 0.25) is 0 Å². The molecule has 3 heteroatoms. The minimum absolute atomic E-state index is 0.186. The van der Waals surface area contributed by atoms with Gasteiger partial charge in [0.25, 0.3) is 0 Å². The molecule has 0 radical (unpaired) electrons. The largest absolute Gasteiger partial charge is 0.381 e. The summed E-state index contributed by atoms with van der Waals surface area (Å²) in [5.74, 6) is 6.39. The molecule has 2 aromatic rings. The van der Waals surface area contributed by atoms with Crippen LogP contribution in [0.1, 0.15) is 145 Å². The number of hydrogen-bond acceptors (Lipinski definition) is 2. The third-order valence-corrected chi connectivity index (χ3v) is 21.5. The van der Waals surface area contributed by atoms with Gasteiger partial charge in [0.15, 0.2) is 0 Å². The fourth-order valence-electron chi connectivity index (χ4n) is 15.0. The zero-order valence-corrected chi connectivity index (χ0v) is 39.4. The van der Waals surface area contributed by atoms with E-state index >= 15 is 0 Å². The summed E-state index contributed by atoms with van der Waals surface area (Å²) in [6, 6.07) is 23.3. The van der Waals surface area contributed by atoms with Crippen molar-refractivity contribution < 1.29 is 9.47 Å². The molecular formula is C52H84O2Si. The first-order valence-electron chi connectivity index (χ1n) is 22.6. The molecule has 2 aromatic carbocycles. The van der Waals surface area contributed by atoms with Crippen molar-refractivity contribution in [2.24, 2.45) is 69.0 Å². The molecule has 6 rings (SSSR count). The van der Waals surface area contributed by atoms with Crippen LogP contribution in [0.4, 0.5) is 0 Å². The normalized spacial score (nSPS) is 37.5. The van der Waals surface area contributed by atoms with Gasteiger partial charge in [-0.3, -0.25) is 0 Å². The summed E-state index contributed by atoms with van der Waals surface area (Å²) in [7, 11) is 2.09. The molecule has 2 nitrogen and oxygen atoms in total. The molecule has 0 spiro atoms. The quantitative estimate of drug-likeness (QED) is 0.249. The highest BCUT2D eigenvalue weighted by Crippen LogP contribution is 2.71. The Balaban J connectivity index is 1.52. The zero-order valence-electron chi connectivity index (χ0n) is 38.4. The minimum atomic E-state index is -1.96. The van der Waals surface area contributed by atoms with Crippen molar-refractivity contribution in [1.29, 1.82) is 0 Å². The van der Waals surface area contributed by atoms with Gasteiger partial charge in [-0.25, -0.2) is 0 Å². The molecule has 0 aliphatic heterocycles. The second-order valence-electron chi connectivity index (χ2n) is 24.7. The van der Waals surface area contributed by atoms with Crippen LogP contribution < -0.4 is 0 Å². The maximum absolute atomic E-state index is 6.72. The third kappa shape index (κ3) is 8.67. The van der Waals surface area contributed by atoms with Gasteiger partial charge in [-0.2, -0.15) is 0 Å². The molecule has 4 aliphatic rings. The van der Waals surface area contributed by atoms with Crippen molar-refractivity contribution in [3.63, 3.8) is 0 Å². The van der Waals surface area contributed by atoms with Gasteiger partial charge in [0.05, 0.1) is 20.3 Å². The van der Waals surface area contributed by atoms with E-state index in [0.717, 1.165) is 34.8 Å². The van der Waals surface area contributed by atoms with Crippen LogP contribution in [-0.2, 0) is 9.47 Å². The lowest BCUT2D eigenvalue weighted by molar-refractivity contribution is -0.0702. The SMILES string of the molecule is COC1C(c2ccccc2)C2CC(CC(C)(C)C)C([Si](C)(C)C3C(CC(C)(C)C)CC4C3CC(C(C)(C)C)C(OC)C4c3ccccc3)C2CC1C(C)(C)C. The van der Waals surface area contributed by atoms with Crippen molar-refractivity contribution in [2.45, 2.75) is 170 Å². The second kappa shape index (κ2) is 15.6. The fourth-order valence-corrected chi connectivity index (χ4v) is 21.3. The van der Waals surface area contributed by atoms with Crippen LogP contribution in [-0.4, -0.2) is 34.5 Å². The molecule has 4 aliphatic carbocycles. The summed E-state index contributed by atoms with van der Waals surface area (Å²) in [5, 5.41) is 0. The Morgan fingerprint density at radius 1 is 0.491 bits per heavy atom. The molecule has 0 bridgehead atoms. The molecule has 0 aromatic heterocycles. The predicted octanol–water partition coefficient (Wildman–Crippen LogP) is 14.5.